The summed E-state index contributed by atoms with van der Waals surface area (Å²) in [6, 6.07) is 15.2. The van der Waals surface area contributed by atoms with Gasteiger partial charge in [0.2, 0.25) is 0 Å². The van der Waals surface area contributed by atoms with Crippen LogP contribution < -0.4 is 5.32 Å². The molecule has 28 heavy (non-hydrogen) atoms. The van der Waals surface area contributed by atoms with Crippen molar-refractivity contribution in [2.24, 2.45) is 0 Å². The quantitative estimate of drug-likeness (QED) is 0.722. The van der Waals surface area contributed by atoms with Gasteiger partial charge in [0.1, 0.15) is 5.75 Å². The summed E-state index contributed by atoms with van der Waals surface area (Å²) in [5.41, 5.74) is 2.41. The summed E-state index contributed by atoms with van der Waals surface area (Å²) in [6.07, 6.45) is 2.75. The van der Waals surface area contributed by atoms with Gasteiger partial charge >= 0.3 is 6.03 Å². The van der Waals surface area contributed by atoms with E-state index in [1.165, 1.54) is 11.1 Å². The van der Waals surface area contributed by atoms with Crippen LogP contribution in [-0.4, -0.2) is 53.7 Å². The van der Waals surface area contributed by atoms with Gasteiger partial charge in [0, 0.05) is 44.3 Å². The predicted octanol–water partition coefficient (Wildman–Crippen LogP) is 3.90. The molecule has 0 unspecified atom stereocenters. The second-order valence-electron chi connectivity index (χ2n) is 7.25. The molecule has 2 N–H and O–H groups in total. The van der Waals surface area contributed by atoms with Crippen molar-refractivity contribution in [3.8, 4) is 5.75 Å². The number of amides is 2. The first-order chi connectivity index (χ1) is 13.6. The lowest BCUT2D eigenvalue weighted by atomic mass is 10.1. The number of rotatable bonds is 6. The average Bonchev–Trinajstić information content (AvgIpc) is 2.94. The number of phenols is 1. The van der Waals surface area contributed by atoms with Crippen molar-refractivity contribution in [2.45, 2.75) is 25.8 Å². The molecule has 2 aromatic carbocycles. The monoisotopic (exact) mass is 401 g/mol. The van der Waals surface area contributed by atoms with E-state index in [2.05, 4.69) is 22.3 Å². The average molecular weight is 402 g/mol. The number of halogens is 1. The van der Waals surface area contributed by atoms with Crippen LogP contribution in [0.1, 0.15) is 24.0 Å². The van der Waals surface area contributed by atoms with Gasteiger partial charge in [-0.25, -0.2) is 4.79 Å². The van der Waals surface area contributed by atoms with E-state index in [0.29, 0.717) is 6.54 Å². The van der Waals surface area contributed by atoms with E-state index in [1.54, 1.807) is 12.1 Å². The van der Waals surface area contributed by atoms with Gasteiger partial charge in [0.05, 0.1) is 0 Å². The second kappa shape index (κ2) is 10.3. The van der Waals surface area contributed by atoms with Gasteiger partial charge in [0.25, 0.3) is 0 Å². The molecular weight excluding hydrogens is 374 g/mol. The van der Waals surface area contributed by atoms with Crippen LogP contribution in [0.2, 0.25) is 5.02 Å². The van der Waals surface area contributed by atoms with Crippen LogP contribution in [-0.2, 0) is 13.0 Å². The van der Waals surface area contributed by atoms with Gasteiger partial charge in [-0.3, -0.25) is 4.90 Å². The molecule has 0 aliphatic carbocycles. The van der Waals surface area contributed by atoms with Crippen LogP contribution in [0.25, 0.3) is 0 Å². The molecule has 1 fully saturated rings. The van der Waals surface area contributed by atoms with Crippen LogP contribution in [0.4, 0.5) is 4.79 Å². The number of hydrogen-bond donors (Lipinski definition) is 2. The molecule has 0 radical (unpaired) electrons. The first-order valence-corrected chi connectivity index (χ1v) is 10.3. The standard InChI is InChI=1S/C22H28ClN3O2/c23-20-8-4-19(5-9-20)17-25-13-2-14-26(16-15-25)22(28)24-12-1-3-18-6-10-21(27)11-7-18/h4-11,27H,1-3,12-17H2,(H,24,28). The zero-order chi connectivity index (χ0) is 19.8. The molecule has 0 atom stereocenters. The van der Waals surface area contributed by atoms with E-state index < -0.39 is 0 Å². The molecule has 1 aliphatic heterocycles. The maximum absolute atomic E-state index is 12.5. The van der Waals surface area contributed by atoms with E-state index in [4.69, 9.17) is 11.6 Å². The molecule has 150 valence electrons. The third-order valence-electron chi connectivity index (χ3n) is 5.05. The highest BCUT2D eigenvalue weighted by Gasteiger charge is 2.18. The fourth-order valence-electron chi connectivity index (χ4n) is 3.44. The smallest absolute Gasteiger partial charge is 0.317 e. The number of hydrogen-bond acceptors (Lipinski definition) is 3. The molecule has 0 bridgehead atoms. The SMILES string of the molecule is O=C(NCCCc1ccc(O)cc1)N1CCCN(Cc2ccc(Cl)cc2)CC1. The van der Waals surface area contributed by atoms with Gasteiger partial charge in [-0.15, -0.1) is 0 Å². The van der Waals surface area contributed by atoms with Crippen LogP contribution in [0.5, 0.6) is 5.75 Å². The van der Waals surface area contributed by atoms with Gasteiger partial charge in [0.15, 0.2) is 0 Å². The zero-order valence-corrected chi connectivity index (χ0v) is 16.9. The van der Waals surface area contributed by atoms with Crippen molar-refractivity contribution in [1.82, 2.24) is 15.1 Å². The molecule has 2 aromatic rings. The molecule has 5 nitrogen and oxygen atoms in total. The number of carbonyl (C=O) groups is 1. The summed E-state index contributed by atoms with van der Waals surface area (Å²) in [4.78, 5) is 16.8. The molecule has 3 rings (SSSR count). The van der Waals surface area contributed by atoms with Gasteiger partial charge in [-0.2, -0.15) is 0 Å². The Morgan fingerprint density at radius 2 is 1.68 bits per heavy atom. The number of nitrogens with zero attached hydrogens (tertiary/aromatic N) is 2. The summed E-state index contributed by atoms with van der Waals surface area (Å²) >= 11 is 5.95. The summed E-state index contributed by atoms with van der Waals surface area (Å²) < 4.78 is 0. The number of phenolic OH excluding ortho intramolecular Hbond substituents is 1. The molecule has 1 aliphatic rings. The normalized spacial score (nSPS) is 15.2. The lowest BCUT2D eigenvalue weighted by molar-refractivity contribution is 0.197. The zero-order valence-electron chi connectivity index (χ0n) is 16.1. The molecule has 0 spiro atoms. The maximum atomic E-state index is 12.5. The first-order valence-electron chi connectivity index (χ1n) is 9.87. The van der Waals surface area contributed by atoms with Crippen molar-refractivity contribution < 1.29 is 9.90 Å². The number of aryl methyl sites for hydroxylation is 1. The van der Waals surface area contributed by atoms with E-state index >= 15 is 0 Å². The minimum absolute atomic E-state index is 0.0269. The van der Waals surface area contributed by atoms with Crippen LogP contribution in [0.3, 0.4) is 0 Å². The Kier molecular flexibility index (Phi) is 7.57. The Morgan fingerprint density at radius 3 is 2.43 bits per heavy atom. The minimum Gasteiger partial charge on any atom is -0.508 e. The van der Waals surface area contributed by atoms with E-state index in [-0.39, 0.29) is 11.8 Å². The van der Waals surface area contributed by atoms with Gasteiger partial charge in [-0.1, -0.05) is 35.9 Å². The Labute approximate surface area is 171 Å². The minimum atomic E-state index is 0.0269. The molecule has 1 saturated heterocycles. The second-order valence-corrected chi connectivity index (χ2v) is 7.68. The highest BCUT2D eigenvalue weighted by atomic mass is 35.5. The van der Waals surface area contributed by atoms with Crippen LogP contribution in [0, 0.1) is 0 Å². The Hall–Kier alpha value is -2.24. The Bertz CT molecular complexity index is 749. The lowest BCUT2D eigenvalue weighted by Crippen LogP contribution is -2.42. The first kappa shape index (κ1) is 20.5. The van der Waals surface area contributed by atoms with Crippen molar-refractivity contribution in [2.75, 3.05) is 32.7 Å². The summed E-state index contributed by atoms with van der Waals surface area (Å²) in [5.74, 6) is 0.281. The Balaban J connectivity index is 1.37. The van der Waals surface area contributed by atoms with Crippen molar-refractivity contribution in [3.63, 3.8) is 0 Å². The summed E-state index contributed by atoms with van der Waals surface area (Å²) in [7, 11) is 0. The third-order valence-corrected chi connectivity index (χ3v) is 5.30. The fraction of sp³-hybridized carbons (Fsp3) is 0.409. The molecule has 0 aromatic heterocycles. The topological polar surface area (TPSA) is 55.8 Å². The number of urea groups is 1. The Morgan fingerprint density at radius 1 is 0.964 bits per heavy atom. The van der Waals surface area contributed by atoms with Gasteiger partial charge in [-0.05, 0) is 54.7 Å². The van der Waals surface area contributed by atoms with E-state index in [9.17, 15) is 9.90 Å². The number of carbonyl (C=O) groups excluding carboxylic acids is 1. The molecule has 1 heterocycles. The van der Waals surface area contributed by atoms with Crippen molar-refractivity contribution >= 4 is 17.6 Å². The molecule has 6 heteroatoms. The lowest BCUT2D eigenvalue weighted by Gasteiger charge is -2.22. The van der Waals surface area contributed by atoms with E-state index in [0.717, 1.165) is 57.0 Å². The number of aromatic hydroxyl groups is 1. The van der Waals surface area contributed by atoms with Crippen molar-refractivity contribution in [1.29, 1.82) is 0 Å². The van der Waals surface area contributed by atoms with Crippen LogP contribution >= 0.6 is 11.6 Å². The fourth-order valence-corrected chi connectivity index (χ4v) is 3.57. The summed E-state index contributed by atoms with van der Waals surface area (Å²) in [5, 5.41) is 13.1. The van der Waals surface area contributed by atoms with Gasteiger partial charge < -0.3 is 15.3 Å². The highest BCUT2D eigenvalue weighted by molar-refractivity contribution is 6.30. The third kappa shape index (κ3) is 6.43. The molecular formula is C22H28ClN3O2. The predicted molar refractivity (Wildman–Crippen MR) is 113 cm³/mol. The largest absolute Gasteiger partial charge is 0.508 e. The maximum Gasteiger partial charge on any atom is 0.317 e. The summed E-state index contributed by atoms with van der Waals surface area (Å²) in [6.45, 7) is 4.96. The van der Waals surface area contributed by atoms with Crippen molar-refractivity contribution in [3.05, 3.63) is 64.7 Å². The molecule has 0 saturated carbocycles. The number of benzene rings is 2. The number of nitrogens with one attached hydrogen (secondary N) is 1. The van der Waals surface area contributed by atoms with Crippen LogP contribution in [0.15, 0.2) is 48.5 Å². The molecule has 2 amide bonds. The van der Waals surface area contributed by atoms with E-state index in [1.807, 2.05) is 29.2 Å². The highest BCUT2D eigenvalue weighted by Crippen LogP contribution is 2.13.